The minimum absolute atomic E-state index is 0.0278. The molecule has 0 spiro atoms. The highest BCUT2D eigenvalue weighted by Crippen LogP contribution is 2.30. The van der Waals surface area contributed by atoms with Crippen LogP contribution in [0.2, 0.25) is 0 Å². The molecule has 0 amide bonds. The Morgan fingerprint density at radius 3 is 2.47 bits per heavy atom. The number of H-pyrrole nitrogens is 1. The van der Waals surface area contributed by atoms with Crippen molar-refractivity contribution in [2.24, 2.45) is 5.92 Å². The molecule has 4 rings (SSSR count). The van der Waals surface area contributed by atoms with Crippen LogP contribution in [0.15, 0.2) is 52.1 Å². The number of hydrogen-bond donors (Lipinski definition) is 3. The van der Waals surface area contributed by atoms with Gasteiger partial charge in [-0.2, -0.15) is 0 Å². The lowest BCUT2D eigenvalue weighted by Crippen LogP contribution is -2.42. The van der Waals surface area contributed by atoms with E-state index >= 15 is 0 Å². The zero-order valence-electron chi connectivity index (χ0n) is 16.4. The van der Waals surface area contributed by atoms with Crippen molar-refractivity contribution in [2.75, 3.05) is 19.6 Å². The van der Waals surface area contributed by atoms with E-state index in [2.05, 4.69) is 9.88 Å². The fourth-order valence-electron chi connectivity index (χ4n) is 4.11. The third-order valence-electron chi connectivity index (χ3n) is 5.90. The molecule has 2 heterocycles. The van der Waals surface area contributed by atoms with Crippen LogP contribution in [0.4, 0.5) is 4.39 Å². The topological polar surface area (TPSA) is 98.6 Å². The number of halogens is 1. The van der Waals surface area contributed by atoms with Gasteiger partial charge in [0.2, 0.25) is 0 Å². The van der Waals surface area contributed by atoms with E-state index in [1.165, 1.54) is 30.3 Å². The largest absolute Gasteiger partial charge is 0.508 e. The van der Waals surface area contributed by atoms with Crippen LogP contribution in [0.5, 0.6) is 5.75 Å². The second kappa shape index (κ2) is 8.41. The van der Waals surface area contributed by atoms with Gasteiger partial charge in [-0.05, 0) is 67.7 Å². The first-order chi connectivity index (χ1) is 14.4. The molecule has 30 heavy (non-hydrogen) atoms. The van der Waals surface area contributed by atoms with Crippen LogP contribution in [-0.2, 0) is 6.54 Å². The summed E-state index contributed by atoms with van der Waals surface area (Å²) in [6.45, 7) is 2.26. The Labute approximate surface area is 172 Å². The van der Waals surface area contributed by atoms with Crippen LogP contribution < -0.4 is 11.2 Å². The Kier molecular flexibility index (Phi) is 5.69. The zero-order chi connectivity index (χ0) is 21.3. The maximum atomic E-state index is 13.1. The van der Waals surface area contributed by atoms with E-state index in [1.54, 1.807) is 12.1 Å². The van der Waals surface area contributed by atoms with Crippen LogP contribution in [0.3, 0.4) is 0 Å². The number of hydrogen-bond acceptors (Lipinski definition) is 5. The van der Waals surface area contributed by atoms with E-state index < -0.39 is 17.4 Å². The van der Waals surface area contributed by atoms with Crippen LogP contribution in [0, 0.1) is 11.7 Å². The van der Waals surface area contributed by atoms with E-state index in [1.807, 2.05) is 0 Å². The van der Waals surface area contributed by atoms with Crippen LogP contribution in [0.1, 0.15) is 24.5 Å². The number of phenols is 1. The number of aromatic hydroxyl groups is 1. The van der Waals surface area contributed by atoms with Crippen molar-refractivity contribution in [1.29, 1.82) is 0 Å². The summed E-state index contributed by atoms with van der Waals surface area (Å²) in [6.07, 6.45) is 0.913. The van der Waals surface area contributed by atoms with Crippen molar-refractivity contribution in [3.63, 3.8) is 0 Å². The average molecular weight is 413 g/mol. The second-order valence-corrected chi connectivity index (χ2v) is 7.79. The molecule has 1 saturated heterocycles. The predicted molar refractivity (Wildman–Crippen MR) is 111 cm³/mol. The van der Waals surface area contributed by atoms with E-state index in [0.29, 0.717) is 17.6 Å². The Balaban J connectivity index is 1.39. The lowest BCUT2D eigenvalue weighted by molar-refractivity contribution is 0.0577. The van der Waals surface area contributed by atoms with Crippen molar-refractivity contribution in [1.82, 2.24) is 14.5 Å². The molecule has 0 aliphatic carbocycles. The zero-order valence-corrected chi connectivity index (χ0v) is 16.4. The highest BCUT2D eigenvalue weighted by molar-refractivity contribution is 5.78. The Morgan fingerprint density at radius 2 is 1.77 bits per heavy atom. The third kappa shape index (κ3) is 4.15. The van der Waals surface area contributed by atoms with Gasteiger partial charge in [0.1, 0.15) is 11.6 Å². The first-order valence-electron chi connectivity index (χ1n) is 10.0. The average Bonchev–Trinajstić information content (AvgIpc) is 2.75. The maximum Gasteiger partial charge on any atom is 0.328 e. The van der Waals surface area contributed by atoms with Gasteiger partial charge in [-0.1, -0.05) is 12.1 Å². The number of phenolic OH excluding ortho intramolecular Hbond substituents is 1. The smallest absolute Gasteiger partial charge is 0.328 e. The minimum atomic E-state index is -0.633. The molecule has 8 heteroatoms. The Morgan fingerprint density at radius 1 is 1.07 bits per heavy atom. The Bertz CT molecular complexity index is 1150. The second-order valence-electron chi connectivity index (χ2n) is 7.79. The van der Waals surface area contributed by atoms with Crippen molar-refractivity contribution >= 4 is 10.9 Å². The summed E-state index contributed by atoms with van der Waals surface area (Å²) < 4.78 is 14.2. The molecule has 3 aromatic rings. The van der Waals surface area contributed by atoms with Crippen molar-refractivity contribution in [2.45, 2.75) is 25.5 Å². The number of fused-ring (bicyclic) bond motifs is 1. The number of aromatic nitrogens is 2. The molecule has 3 N–H and O–H groups in total. The summed E-state index contributed by atoms with van der Waals surface area (Å²) in [5, 5.41) is 20.5. The summed E-state index contributed by atoms with van der Waals surface area (Å²) >= 11 is 0. The van der Waals surface area contributed by atoms with Gasteiger partial charge in [0.05, 0.1) is 17.0 Å². The fourth-order valence-corrected chi connectivity index (χ4v) is 4.11. The summed E-state index contributed by atoms with van der Waals surface area (Å²) in [6, 6.07) is 10.2. The lowest BCUT2D eigenvalue weighted by atomic mass is 9.87. The monoisotopic (exact) mass is 413 g/mol. The van der Waals surface area contributed by atoms with Crippen LogP contribution >= 0.6 is 0 Å². The number of nitrogens with zero attached hydrogens (tertiary/aromatic N) is 2. The van der Waals surface area contributed by atoms with E-state index in [4.69, 9.17) is 0 Å². The number of aromatic amines is 1. The van der Waals surface area contributed by atoms with Gasteiger partial charge in [-0.25, -0.2) is 9.18 Å². The molecule has 1 aliphatic rings. The number of benzene rings is 2. The predicted octanol–water partition coefficient (Wildman–Crippen LogP) is 1.98. The summed E-state index contributed by atoms with van der Waals surface area (Å²) in [5.74, 6) is -0.267. The molecular formula is C22H24FN3O4. The van der Waals surface area contributed by atoms with E-state index in [-0.39, 0.29) is 29.4 Å². The quantitative estimate of drug-likeness (QED) is 0.594. The van der Waals surface area contributed by atoms with E-state index in [0.717, 1.165) is 30.5 Å². The maximum absolute atomic E-state index is 13.1. The van der Waals surface area contributed by atoms with Gasteiger partial charge in [-0.15, -0.1) is 0 Å². The first kappa shape index (κ1) is 20.3. The molecule has 1 aromatic heterocycles. The molecule has 0 saturated carbocycles. The molecule has 2 aromatic carbocycles. The molecule has 1 fully saturated rings. The third-order valence-corrected chi connectivity index (χ3v) is 5.90. The molecule has 1 aliphatic heterocycles. The number of piperidine rings is 1. The van der Waals surface area contributed by atoms with Crippen molar-refractivity contribution in [3.05, 3.63) is 74.7 Å². The summed E-state index contributed by atoms with van der Waals surface area (Å²) in [4.78, 5) is 29.8. The molecule has 7 nitrogen and oxygen atoms in total. The number of rotatable bonds is 5. The molecule has 1 unspecified atom stereocenters. The lowest BCUT2D eigenvalue weighted by Gasteiger charge is -2.34. The SMILES string of the molecule is O=c1[nH]c2ccc(O)cc2c(=O)n1CCN1CCC(C(O)c2ccc(F)cc2)CC1. The summed E-state index contributed by atoms with van der Waals surface area (Å²) in [7, 11) is 0. The highest BCUT2D eigenvalue weighted by atomic mass is 19.1. The van der Waals surface area contributed by atoms with Crippen molar-refractivity contribution in [3.8, 4) is 5.75 Å². The first-order valence-corrected chi connectivity index (χ1v) is 10.0. The van der Waals surface area contributed by atoms with Gasteiger partial charge in [0.25, 0.3) is 5.56 Å². The van der Waals surface area contributed by atoms with Gasteiger partial charge >= 0.3 is 5.69 Å². The highest BCUT2D eigenvalue weighted by Gasteiger charge is 2.26. The normalized spacial score (nSPS) is 16.7. The molecule has 1 atom stereocenters. The number of nitrogens with one attached hydrogen (secondary N) is 1. The van der Waals surface area contributed by atoms with Crippen LogP contribution in [0.25, 0.3) is 10.9 Å². The van der Waals surface area contributed by atoms with E-state index in [9.17, 15) is 24.2 Å². The van der Waals surface area contributed by atoms with Crippen molar-refractivity contribution < 1.29 is 14.6 Å². The number of likely N-dealkylation sites (tertiary alicyclic amines) is 1. The number of aliphatic hydroxyl groups is 1. The standard InChI is InChI=1S/C22H24FN3O4/c23-16-3-1-14(2-4-16)20(28)15-7-9-25(10-8-15)11-12-26-21(29)18-13-17(27)5-6-19(18)24-22(26)30/h1-6,13,15,20,27-28H,7-12H2,(H,24,30). The molecular weight excluding hydrogens is 389 g/mol. The number of aliphatic hydroxyl groups excluding tert-OH is 1. The Hall–Kier alpha value is -2.97. The summed E-state index contributed by atoms with van der Waals surface area (Å²) in [5.41, 5.74) is 0.216. The van der Waals surface area contributed by atoms with Gasteiger partial charge in [0, 0.05) is 13.1 Å². The molecule has 158 valence electrons. The van der Waals surface area contributed by atoms with Gasteiger partial charge in [-0.3, -0.25) is 9.36 Å². The fraction of sp³-hybridized carbons (Fsp3) is 0.364. The van der Waals surface area contributed by atoms with Crippen LogP contribution in [-0.4, -0.2) is 44.3 Å². The minimum Gasteiger partial charge on any atom is -0.508 e. The molecule has 0 radical (unpaired) electrons. The molecule has 0 bridgehead atoms. The van der Waals surface area contributed by atoms with Gasteiger partial charge in [0.15, 0.2) is 0 Å². The van der Waals surface area contributed by atoms with Gasteiger partial charge < -0.3 is 20.1 Å².